The minimum absolute atomic E-state index is 0.249. The number of fused-ring (bicyclic) bond motifs is 1. The number of nitrogens with zero attached hydrogens (tertiary/aromatic N) is 6. The van der Waals surface area contributed by atoms with Crippen LogP contribution in [0.15, 0.2) is 34.9 Å². The standard InChI is InChI=1S/C19H17N7O2/c1-10-8-15(16-11(2)23-28-19(16)20-10)18(27)21-13-5-3-4-12(9-13)17-22-24-25-26(17)14-6-7-14/h3-5,8-9,14H,6-7H2,1-2H3,(H,21,27). The zero-order valence-corrected chi connectivity index (χ0v) is 15.4. The molecule has 0 spiro atoms. The molecule has 3 heterocycles. The van der Waals surface area contributed by atoms with E-state index >= 15 is 0 Å². The molecule has 0 aliphatic heterocycles. The van der Waals surface area contributed by atoms with Crippen molar-refractivity contribution in [3.63, 3.8) is 0 Å². The minimum atomic E-state index is -0.249. The van der Waals surface area contributed by atoms with E-state index in [4.69, 9.17) is 4.52 Å². The number of hydrogen-bond acceptors (Lipinski definition) is 7. The number of pyridine rings is 1. The summed E-state index contributed by atoms with van der Waals surface area (Å²) in [6.07, 6.45) is 2.17. The fourth-order valence-corrected chi connectivity index (χ4v) is 3.28. The van der Waals surface area contributed by atoms with Crippen LogP contribution >= 0.6 is 0 Å². The van der Waals surface area contributed by atoms with Gasteiger partial charge in [0.05, 0.1) is 22.7 Å². The van der Waals surface area contributed by atoms with Crippen molar-refractivity contribution in [1.29, 1.82) is 0 Å². The average molecular weight is 375 g/mol. The molecule has 1 aliphatic carbocycles. The third kappa shape index (κ3) is 2.81. The van der Waals surface area contributed by atoms with Crippen LogP contribution in [-0.4, -0.2) is 36.3 Å². The Hall–Kier alpha value is -3.62. The Balaban J connectivity index is 1.48. The Labute approximate surface area is 159 Å². The van der Waals surface area contributed by atoms with E-state index in [0.717, 1.165) is 18.4 Å². The molecule has 1 fully saturated rings. The SMILES string of the molecule is Cc1cc(C(=O)Nc2cccc(-c3nnnn3C3CC3)c2)c2c(C)noc2n1. The summed E-state index contributed by atoms with van der Waals surface area (Å²) in [5.41, 5.74) is 3.67. The number of tetrazole rings is 1. The van der Waals surface area contributed by atoms with E-state index in [0.29, 0.717) is 45.6 Å². The molecule has 9 heteroatoms. The van der Waals surface area contributed by atoms with Gasteiger partial charge in [0.1, 0.15) is 0 Å². The normalized spacial score (nSPS) is 13.8. The second-order valence-corrected chi connectivity index (χ2v) is 6.97. The van der Waals surface area contributed by atoms with Crippen molar-refractivity contribution in [3.05, 3.63) is 47.3 Å². The zero-order valence-electron chi connectivity index (χ0n) is 15.4. The molecule has 1 aliphatic rings. The van der Waals surface area contributed by atoms with Gasteiger partial charge in [-0.05, 0) is 55.3 Å². The van der Waals surface area contributed by atoms with Gasteiger partial charge in [-0.3, -0.25) is 4.79 Å². The van der Waals surface area contributed by atoms with Gasteiger partial charge in [0.2, 0.25) is 0 Å². The summed E-state index contributed by atoms with van der Waals surface area (Å²) in [5.74, 6) is 0.455. The number of hydrogen-bond donors (Lipinski definition) is 1. The number of carbonyl (C=O) groups excluding carboxylic acids is 1. The third-order valence-electron chi connectivity index (χ3n) is 4.75. The molecule has 1 N–H and O–H groups in total. The highest BCUT2D eigenvalue weighted by molar-refractivity contribution is 6.12. The quantitative estimate of drug-likeness (QED) is 0.583. The van der Waals surface area contributed by atoms with Crippen molar-refractivity contribution in [2.45, 2.75) is 32.7 Å². The molecule has 0 saturated heterocycles. The first-order chi connectivity index (χ1) is 13.6. The fourth-order valence-electron chi connectivity index (χ4n) is 3.28. The molecule has 1 amide bonds. The average Bonchev–Trinajstić information content (AvgIpc) is 3.29. The largest absolute Gasteiger partial charge is 0.336 e. The number of nitrogens with one attached hydrogen (secondary N) is 1. The van der Waals surface area contributed by atoms with Crippen LogP contribution < -0.4 is 5.32 Å². The van der Waals surface area contributed by atoms with Gasteiger partial charge in [-0.2, -0.15) is 0 Å². The van der Waals surface area contributed by atoms with Gasteiger partial charge in [-0.15, -0.1) is 5.10 Å². The molecule has 0 atom stereocenters. The van der Waals surface area contributed by atoms with Gasteiger partial charge >= 0.3 is 0 Å². The van der Waals surface area contributed by atoms with Crippen LogP contribution in [0.1, 0.15) is 40.6 Å². The van der Waals surface area contributed by atoms with E-state index < -0.39 is 0 Å². The number of carbonyl (C=O) groups is 1. The number of benzene rings is 1. The van der Waals surface area contributed by atoms with E-state index in [1.807, 2.05) is 35.9 Å². The van der Waals surface area contributed by atoms with Crippen LogP contribution in [-0.2, 0) is 0 Å². The van der Waals surface area contributed by atoms with Crippen LogP contribution in [0, 0.1) is 13.8 Å². The van der Waals surface area contributed by atoms with Gasteiger partial charge in [0, 0.05) is 16.9 Å². The van der Waals surface area contributed by atoms with Crippen LogP contribution in [0.2, 0.25) is 0 Å². The van der Waals surface area contributed by atoms with Crippen LogP contribution in [0.4, 0.5) is 5.69 Å². The highest BCUT2D eigenvalue weighted by Gasteiger charge is 2.28. The summed E-state index contributed by atoms with van der Waals surface area (Å²) in [5, 5.41) is 19.5. The zero-order chi connectivity index (χ0) is 19.3. The molecule has 140 valence electrons. The molecule has 5 rings (SSSR count). The summed E-state index contributed by atoms with van der Waals surface area (Å²) in [6.45, 7) is 3.60. The van der Waals surface area contributed by atoms with Gasteiger partial charge in [-0.1, -0.05) is 17.3 Å². The van der Waals surface area contributed by atoms with E-state index in [9.17, 15) is 4.79 Å². The number of amides is 1. The van der Waals surface area contributed by atoms with Crippen molar-refractivity contribution in [2.24, 2.45) is 0 Å². The van der Waals surface area contributed by atoms with Crippen LogP contribution in [0.5, 0.6) is 0 Å². The molecule has 28 heavy (non-hydrogen) atoms. The molecule has 4 aromatic rings. The molecular weight excluding hydrogens is 358 g/mol. The lowest BCUT2D eigenvalue weighted by Gasteiger charge is -2.09. The number of rotatable bonds is 4. The Morgan fingerprint density at radius 2 is 2.11 bits per heavy atom. The minimum Gasteiger partial charge on any atom is -0.336 e. The number of aryl methyl sites for hydroxylation is 2. The predicted molar refractivity (Wildman–Crippen MR) is 101 cm³/mol. The Kier molecular flexibility index (Phi) is 3.68. The topological polar surface area (TPSA) is 112 Å². The molecular formula is C19H17N7O2. The van der Waals surface area contributed by atoms with E-state index in [2.05, 4.69) is 31.0 Å². The lowest BCUT2D eigenvalue weighted by atomic mass is 10.1. The lowest BCUT2D eigenvalue weighted by Crippen LogP contribution is -2.13. The van der Waals surface area contributed by atoms with Gasteiger partial charge in [0.25, 0.3) is 11.6 Å². The van der Waals surface area contributed by atoms with E-state index in [-0.39, 0.29) is 5.91 Å². The van der Waals surface area contributed by atoms with Crippen molar-refractivity contribution in [2.75, 3.05) is 5.32 Å². The summed E-state index contributed by atoms with van der Waals surface area (Å²) in [7, 11) is 0. The van der Waals surface area contributed by atoms with Crippen molar-refractivity contribution in [3.8, 4) is 11.4 Å². The lowest BCUT2D eigenvalue weighted by molar-refractivity contribution is 0.102. The van der Waals surface area contributed by atoms with Crippen molar-refractivity contribution in [1.82, 2.24) is 30.3 Å². The molecule has 9 nitrogen and oxygen atoms in total. The molecule has 0 radical (unpaired) electrons. The highest BCUT2D eigenvalue weighted by Crippen LogP contribution is 2.36. The maximum atomic E-state index is 13.0. The first-order valence-corrected chi connectivity index (χ1v) is 9.03. The second kappa shape index (κ2) is 6.22. The van der Waals surface area contributed by atoms with E-state index in [1.165, 1.54) is 0 Å². The summed E-state index contributed by atoms with van der Waals surface area (Å²) >= 11 is 0. The summed E-state index contributed by atoms with van der Waals surface area (Å²) < 4.78 is 7.06. The Bertz CT molecular complexity index is 1210. The smallest absolute Gasteiger partial charge is 0.258 e. The Morgan fingerprint density at radius 3 is 2.93 bits per heavy atom. The summed E-state index contributed by atoms with van der Waals surface area (Å²) in [4.78, 5) is 17.3. The Morgan fingerprint density at radius 1 is 1.25 bits per heavy atom. The fraction of sp³-hybridized carbons (Fsp3) is 0.263. The number of anilines is 1. The summed E-state index contributed by atoms with van der Waals surface area (Å²) in [6, 6.07) is 9.60. The molecule has 1 aromatic carbocycles. The highest BCUT2D eigenvalue weighted by atomic mass is 16.5. The third-order valence-corrected chi connectivity index (χ3v) is 4.75. The molecule has 0 unspecified atom stereocenters. The molecule has 1 saturated carbocycles. The first kappa shape index (κ1) is 16.5. The molecule has 3 aromatic heterocycles. The van der Waals surface area contributed by atoms with Gasteiger partial charge in [-0.25, -0.2) is 9.67 Å². The van der Waals surface area contributed by atoms with E-state index in [1.54, 1.807) is 13.0 Å². The maximum Gasteiger partial charge on any atom is 0.258 e. The van der Waals surface area contributed by atoms with Crippen molar-refractivity contribution < 1.29 is 9.32 Å². The molecule has 0 bridgehead atoms. The second-order valence-electron chi connectivity index (χ2n) is 6.97. The monoisotopic (exact) mass is 375 g/mol. The maximum absolute atomic E-state index is 13.0. The van der Waals surface area contributed by atoms with Gasteiger partial charge < -0.3 is 9.84 Å². The van der Waals surface area contributed by atoms with Crippen LogP contribution in [0.3, 0.4) is 0 Å². The van der Waals surface area contributed by atoms with Crippen molar-refractivity contribution >= 4 is 22.7 Å². The first-order valence-electron chi connectivity index (χ1n) is 9.03. The number of aromatic nitrogens is 6. The predicted octanol–water partition coefficient (Wildman–Crippen LogP) is 3.08. The van der Waals surface area contributed by atoms with Gasteiger partial charge in [0.15, 0.2) is 5.82 Å². The van der Waals surface area contributed by atoms with Crippen LogP contribution in [0.25, 0.3) is 22.5 Å².